The lowest BCUT2D eigenvalue weighted by molar-refractivity contribution is 0.313. The van der Waals surface area contributed by atoms with Gasteiger partial charge in [-0.05, 0) is 43.8 Å². The summed E-state index contributed by atoms with van der Waals surface area (Å²) in [6.07, 6.45) is 5.48. The summed E-state index contributed by atoms with van der Waals surface area (Å²) in [6, 6.07) is 10.4. The molecular formula is C24H24N8. The number of aryl methyl sites for hydroxylation is 1. The van der Waals surface area contributed by atoms with Gasteiger partial charge in [-0.2, -0.15) is 5.10 Å². The molecule has 1 fully saturated rings. The zero-order valence-corrected chi connectivity index (χ0v) is 18.1. The average molecular weight is 425 g/mol. The largest absolute Gasteiger partial charge is 0.367 e. The van der Waals surface area contributed by atoms with Crippen molar-refractivity contribution in [1.29, 1.82) is 0 Å². The Morgan fingerprint density at radius 1 is 1.00 bits per heavy atom. The molecule has 0 atom stereocenters. The molecule has 0 amide bonds. The van der Waals surface area contributed by atoms with E-state index in [9.17, 15) is 0 Å². The van der Waals surface area contributed by atoms with Crippen LogP contribution in [0.3, 0.4) is 0 Å². The maximum atomic E-state index is 4.99. The van der Waals surface area contributed by atoms with E-state index >= 15 is 0 Å². The number of aromatic nitrogens is 6. The molecule has 0 radical (unpaired) electrons. The van der Waals surface area contributed by atoms with Crippen molar-refractivity contribution in [3.05, 3.63) is 54.5 Å². The van der Waals surface area contributed by atoms with E-state index in [4.69, 9.17) is 4.98 Å². The van der Waals surface area contributed by atoms with Crippen LogP contribution >= 0.6 is 0 Å². The lowest BCUT2D eigenvalue weighted by atomic mass is 10.1. The highest BCUT2D eigenvalue weighted by Gasteiger charge is 2.20. The molecule has 2 N–H and O–H groups in total. The first-order valence-corrected chi connectivity index (χ1v) is 10.8. The molecule has 1 aliphatic rings. The van der Waals surface area contributed by atoms with Gasteiger partial charge in [-0.3, -0.25) is 15.1 Å². The fraction of sp³-hybridized carbons (Fsp3) is 0.250. The summed E-state index contributed by atoms with van der Waals surface area (Å²) in [4.78, 5) is 22.1. The molecule has 8 nitrogen and oxygen atoms in total. The summed E-state index contributed by atoms with van der Waals surface area (Å²) in [6.45, 7) is 6.19. The van der Waals surface area contributed by atoms with Gasteiger partial charge in [0.15, 0.2) is 5.82 Å². The molecule has 1 aliphatic heterocycles. The van der Waals surface area contributed by atoms with E-state index < -0.39 is 0 Å². The molecule has 0 spiro atoms. The van der Waals surface area contributed by atoms with Crippen molar-refractivity contribution in [1.82, 2.24) is 35.0 Å². The number of likely N-dealkylation sites (N-methyl/N-ethyl adjacent to an activating group) is 1. The number of imidazole rings is 1. The van der Waals surface area contributed by atoms with Crippen LogP contribution in [0.2, 0.25) is 0 Å². The molecule has 1 aromatic carbocycles. The monoisotopic (exact) mass is 424 g/mol. The van der Waals surface area contributed by atoms with E-state index in [1.165, 1.54) is 5.69 Å². The highest BCUT2D eigenvalue weighted by Crippen LogP contribution is 2.32. The van der Waals surface area contributed by atoms with Gasteiger partial charge in [-0.25, -0.2) is 4.98 Å². The third kappa shape index (κ3) is 3.11. The van der Waals surface area contributed by atoms with Gasteiger partial charge in [0.05, 0.1) is 28.6 Å². The van der Waals surface area contributed by atoms with Crippen LogP contribution in [0.5, 0.6) is 0 Å². The van der Waals surface area contributed by atoms with Crippen LogP contribution in [0.1, 0.15) is 5.56 Å². The second-order valence-corrected chi connectivity index (χ2v) is 8.43. The Hall–Kier alpha value is -3.78. The zero-order valence-electron chi connectivity index (χ0n) is 18.1. The van der Waals surface area contributed by atoms with Crippen LogP contribution in [0.25, 0.3) is 44.7 Å². The lowest BCUT2D eigenvalue weighted by Gasteiger charge is -2.34. The fourth-order valence-corrected chi connectivity index (χ4v) is 4.41. The molecule has 0 aliphatic carbocycles. The molecule has 32 heavy (non-hydrogen) atoms. The molecule has 5 heterocycles. The Balaban J connectivity index is 1.45. The lowest BCUT2D eigenvalue weighted by Crippen LogP contribution is -2.44. The Labute approximate surface area is 185 Å². The van der Waals surface area contributed by atoms with E-state index in [2.05, 4.69) is 73.2 Å². The van der Waals surface area contributed by atoms with Crippen molar-refractivity contribution in [3.63, 3.8) is 0 Å². The predicted molar refractivity (Wildman–Crippen MR) is 127 cm³/mol. The number of H-pyrrole nitrogens is 2. The Bertz CT molecular complexity index is 1420. The normalized spacial score (nSPS) is 15.1. The molecule has 0 unspecified atom stereocenters. The number of aromatic amines is 2. The number of pyridine rings is 2. The summed E-state index contributed by atoms with van der Waals surface area (Å²) < 4.78 is 0. The van der Waals surface area contributed by atoms with E-state index in [1.807, 2.05) is 18.5 Å². The molecule has 4 aromatic heterocycles. The van der Waals surface area contributed by atoms with Gasteiger partial charge < -0.3 is 14.8 Å². The van der Waals surface area contributed by atoms with Gasteiger partial charge >= 0.3 is 0 Å². The maximum absolute atomic E-state index is 4.99. The highest BCUT2D eigenvalue weighted by molar-refractivity contribution is 5.96. The topological polar surface area (TPSA) is 89.6 Å². The number of benzene rings is 1. The van der Waals surface area contributed by atoms with Crippen LogP contribution < -0.4 is 4.90 Å². The van der Waals surface area contributed by atoms with Crippen LogP contribution in [0.15, 0.2) is 48.9 Å². The number of hydrogen-bond acceptors (Lipinski definition) is 6. The third-order valence-electron chi connectivity index (χ3n) is 6.32. The number of rotatable bonds is 3. The van der Waals surface area contributed by atoms with Gasteiger partial charge in [0, 0.05) is 49.5 Å². The van der Waals surface area contributed by atoms with Gasteiger partial charge in [-0.1, -0.05) is 6.07 Å². The molecule has 6 rings (SSSR count). The quantitative estimate of drug-likeness (QED) is 0.460. The molecule has 5 aromatic rings. The van der Waals surface area contributed by atoms with Crippen molar-refractivity contribution in [2.45, 2.75) is 6.92 Å². The van der Waals surface area contributed by atoms with Crippen molar-refractivity contribution in [2.24, 2.45) is 0 Å². The summed E-state index contributed by atoms with van der Waals surface area (Å²) in [5.41, 5.74) is 7.88. The van der Waals surface area contributed by atoms with Crippen LogP contribution in [-0.2, 0) is 0 Å². The average Bonchev–Trinajstić information content (AvgIpc) is 3.43. The summed E-state index contributed by atoms with van der Waals surface area (Å²) in [5.74, 6) is 0.757. The van der Waals surface area contributed by atoms with Crippen molar-refractivity contribution >= 4 is 27.6 Å². The zero-order chi connectivity index (χ0) is 21.7. The Kier molecular flexibility index (Phi) is 4.39. The standard InChI is InChI=1S/C24H24N8/c1-15-6-7-25-13-17(15)19-12-16-20(14-26-19)29-30-22(16)24-27-18-4-3-5-21(23(18)28-24)32-10-8-31(2)9-11-32/h3-7,12-14H,8-11H2,1-2H3,(H,27,28)(H,29,30). The van der Waals surface area contributed by atoms with Gasteiger partial charge in [-0.15, -0.1) is 0 Å². The number of nitrogens with one attached hydrogen (secondary N) is 2. The number of nitrogens with zero attached hydrogens (tertiary/aromatic N) is 6. The molecule has 0 saturated carbocycles. The molecular weight excluding hydrogens is 400 g/mol. The number of hydrogen-bond donors (Lipinski definition) is 2. The minimum absolute atomic E-state index is 0.757. The minimum Gasteiger partial charge on any atom is -0.367 e. The van der Waals surface area contributed by atoms with Gasteiger partial charge in [0.1, 0.15) is 11.2 Å². The SMILES string of the molecule is Cc1ccncc1-c1cc2c(-c3nc4c(N5CCN(C)CC5)cccc4[nH]3)n[nH]c2cn1. The van der Waals surface area contributed by atoms with Crippen LogP contribution in [0.4, 0.5) is 5.69 Å². The number of anilines is 1. The maximum Gasteiger partial charge on any atom is 0.159 e. The smallest absolute Gasteiger partial charge is 0.159 e. The van der Waals surface area contributed by atoms with Crippen molar-refractivity contribution < 1.29 is 0 Å². The van der Waals surface area contributed by atoms with E-state index in [-0.39, 0.29) is 0 Å². The summed E-state index contributed by atoms with van der Waals surface area (Å²) in [5, 5.41) is 8.66. The van der Waals surface area contributed by atoms with E-state index in [0.29, 0.717) is 0 Å². The number of piperazine rings is 1. The van der Waals surface area contributed by atoms with E-state index in [0.717, 1.165) is 76.5 Å². The first kappa shape index (κ1) is 18.9. The van der Waals surface area contributed by atoms with E-state index in [1.54, 1.807) is 6.20 Å². The fourth-order valence-electron chi connectivity index (χ4n) is 4.41. The van der Waals surface area contributed by atoms with Crippen LogP contribution in [-0.4, -0.2) is 68.3 Å². The van der Waals surface area contributed by atoms with Crippen molar-refractivity contribution in [2.75, 3.05) is 38.1 Å². The van der Waals surface area contributed by atoms with Gasteiger partial charge in [0.2, 0.25) is 0 Å². The Morgan fingerprint density at radius 3 is 2.72 bits per heavy atom. The summed E-state index contributed by atoms with van der Waals surface area (Å²) in [7, 11) is 2.17. The molecule has 160 valence electrons. The number of fused-ring (bicyclic) bond motifs is 2. The molecule has 0 bridgehead atoms. The summed E-state index contributed by atoms with van der Waals surface area (Å²) >= 11 is 0. The second-order valence-electron chi connectivity index (χ2n) is 8.43. The predicted octanol–water partition coefficient (Wildman–Crippen LogP) is 3.62. The molecule has 8 heteroatoms. The molecule has 1 saturated heterocycles. The minimum atomic E-state index is 0.757. The highest BCUT2D eigenvalue weighted by atomic mass is 15.3. The second kappa shape index (κ2) is 7.42. The number of para-hydroxylation sites is 1. The van der Waals surface area contributed by atoms with Crippen molar-refractivity contribution in [3.8, 4) is 22.8 Å². The first-order chi connectivity index (χ1) is 15.7. The first-order valence-electron chi connectivity index (χ1n) is 10.8. The van der Waals surface area contributed by atoms with Crippen LogP contribution in [0, 0.1) is 6.92 Å². The Morgan fingerprint density at radius 2 is 1.88 bits per heavy atom. The third-order valence-corrected chi connectivity index (χ3v) is 6.32. The van der Waals surface area contributed by atoms with Gasteiger partial charge in [0.25, 0.3) is 0 Å².